The lowest BCUT2D eigenvalue weighted by molar-refractivity contribution is -0.148. The van der Waals surface area contributed by atoms with Crippen LogP contribution in [0.4, 0.5) is 5.69 Å². The summed E-state index contributed by atoms with van der Waals surface area (Å²) < 4.78 is 4.97. The first-order valence-corrected chi connectivity index (χ1v) is 9.89. The highest BCUT2D eigenvalue weighted by Gasteiger charge is 2.47. The standard InChI is InChI=1S/C21H26N2O5/c1-2-14-7-9-15(10-8-14)22-18(24)13-28-19(25)11-12-23-20(26)16-5-3-4-6-17(16)21(23)27/h7-10,16-17H,2-6,11-13H2,1H3,(H,22,24)/t16-,17-/m1/s1. The van der Waals surface area contributed by atoms with Gasteiger partial charge in [-0.05, 0) is 37.0 Å². The Morgan fingerprint density at radius 2 is 1.68 bits per heavy atom. The van der Waals surface area contributed by atoms with Gasteiger partial charge in [-0.3, -0.25) is 24.1 Å². The first kappa shape index (κ1) is 20.0. The summed E-state index contributed by atoms with van der Waals surface area (Å²) in [6.07, 6.45) is 4.23. The minimum absolute atomic E-state index is 0.0175. The molecule has 3 rings (SSSR count). The van der Waals surface area contributed by atoms with Crippen LogP contribution in [0, 0.1) is 11.8 Å². The van der Waals surface area contributed by atoms with Crippen LogP contribution in [-0.4, -0.2) is 41.7 Å². The number of carbonyl (C=O) groups is 4. The number of nitrogens with one attached hydrogen (secondary N) is 1. The second-order valence-electron chi connectivity index (χ2n) is 7.33. The maximum Gasteiger partial charge on any atom is 0.308 e. The van der Waals surface area contributed by atoms with Gasteiger partial charge in [-0.1, -0.05) is 31.9 Å². The third kappa shape index (κ3) is 4.58. The van der Waals surface area contributed by atoms with E-state index in [0.29, 0.717) is 5.69 Å². The first-order valence-electron chi connectivity index (χ1n) is 9.89. The molecule has 0 unspecified atom stereocenters. The number of fused-ring (bicyclic) bond motifs is 1. The van der Waals surface area contributed by atoms with Crippen molar-refractivity contribution in [2.45, 2.75) is 45.4 Å². The maximum atomic E-state index is 12.4. The van der Waals surface area contributed by atoms with E-state index in [0.717, 1.165) is 37.7 Å². The summed E-state index contributed by atoms with van der Waals surface area (Å²) >= 11 is 0. The molecule has 0 spiro atoms. The van der Waals surface area contributed by atoms with E-state index >= 15 is 0 Å². The minimum atomic E-state index is -0.605. The van der Waals surface area contributed by atoms with Crippen molar-refractivity contribution >= 4 is 29.4 Å². The van der Waals surface area contributed by atoms with Gasteiger partial charge >= 0.3 is 5.97 Å². The van der Waals surface area contributed by atoms with Crippen LogP contribution in [0.3, 0.4) is 0 Å². The third-order valence-electron chi connectivity index (χ3n) is 5.48. The Morgan fingerprint density at radius 3 is 2.25 bits per heavy atom. The highest BCUT2D eigenvalue weighted by Crippen LogP contribution is 2.37. The van der Waals surface area contributed by atoms with Crippen molar-refractivity contribution in [1.82, 2.24) is 4.90 Å². The molecule has 2 fully saturated rings. The Morgan fingerprint density at radius 1 is 1.07 bits per heavy atom. The molecule has 2 atom stereocenters. The lowest BCUT2D eigenvalue weighted by atomic mass is 9.81. The molecular formula is C21H26N2O5. The van der Waals surface area contributed by atoms with Crippen molar-refractivity contribution < 1.29 is 23.9 Å². The Balaban J connectivity index is 1.41. The molecular weight excluding hydrogens is 360 g/mol. The highest BCUT2D eigenvalue weighted by molar-refractivity contribution is 6.05. The van der Waals surface area contributed by atoms with Crippen LogP contribution in [0.15, 0.2) is 24.3 Å². The number of amides is 3. The number of likely N-dealkylation sites (tertiary alicyclic amines) is 1. The van der Waals surface area contributed by atoms with E-state index in [2.05, 4.69) is 5.32 Å². The number of benzene rings is 1. The summed E-state index contributed by atoms with van der Waals surface area (Å²) in [5, 5.41) is 2.66. The summed E-state index contributed by atoms with van der Waals surface area (Å²) in [5.74, 6) is -1.82. The van der Waals surface area contributed by atoms with Gasteiger partial charge in [0.05, 0.1) is 18.3 Å². The average Bonchev–Trinajstić information content (AvgIpc) is 2.96. The fourth-order valence-corrected chi connectivity index (χ4v) is 3.89. The van der Waals surface area contributed by atoms with E-state index in [1.165, 1.54) is 4.90 Å². The molecule has 0 radical (unpaired) electrons. The van der Waals surface area contributed by atoms with Crippen molar-refractivity contribution in [3.05, 3.63) is 29.8 Å². The SMILES string of the molecule is CCc1ccc(NC(=O)COC(=O)CCN2C(=O)[C@@H]3CCCC[C@H]3C2=O)cc1. The van der Waals surface area contributed by atoms with Crippen molar-refractivity contribution in [1.29, 1.82) is 0 Å². The predicted molar refractivity (Wildman–Crippen MR) is 102 cm³/mol. The highest BCUT2D eigenvalue weighted by atomic mass is 16.5. The Labute approximate surface area is 164 Å². The number of hydrogen-bond donors (Lipinski definition) is 1. The van der Waals surface area contributed by atoms with E-state index in [1.807, 2.05) is 19.1 Å². The predicted octanol–water partition coefficient (Wildman–Crippen LogP) is 2.30. The fraction of sp³-hybridized carbons (Fsp3) is 0.524. The summed E-state index contributed by atoms with van der Waals surface area (Å²) in [5.41, 5.74) is 1.80. The molecule has 1 saturated heterocycles. The van der Waals surface area contributed by atoms with Gasteiger partial charge in [0.15, 0.2) is 6.61 Å². The Hall–Kier alpha value is -2.70. The topological polar surface area (TPSA) is 92.8 Å². The maximum absolute atomic E-state index is 12.4. The van der Waals surface area contributed by atoms with Crippen LogP contribution >= 0.6 is 0 Å². The molecule has 0 bridgehead atoms. The molecule has 28 heavy (non-hydrogen) atoms. The van der Waals surface area contributed by atoms with Gasteiger partial charge in [-0.2, -0.15) is 0 Å². The lowest BCUT2D eigenvalue weighted by Crippen LogP contribution is -2.33. The molecule has 1 aliphatic carbocycles. The van der Waals surface area contributed by atoms with Crippen LogP contribution < -0.4 is 5.32 Å². The molecule has 1 aromatic rings. The van der Waals surface area contributed by atoms with Gasteiger partial charge in [0, 0.05) is 12.2 Å². The van der Waals surface area contributed by atoms with Crippen LogP contribution in [-0.2, 0) is 30.3 Å². The van der Waals surface area contributed by atoms with Crippen molar-refractivity contribution in [2.24, 2.45) is 11.8 Å². The number of anilines is 1. The molecule has 1 heterocycles. The Bertz CT molecular complexity index is 735. The zero-order valence-electron chi connectivity index (χ0n) is 16.1. The third-order valence-corrected chi connectivity index (χ3v) is 5.48. The zero-order chi connectivity index (χ0) is 20.1. The van der Waals surface area contributed by atoms with E-state index in [4.69, 9.17) is 4.74 Å². The number of carbonyl (C=O) groups excluding carboxylic acids is 4. The lowest BCUT2D eigenvalue weighted by Gasteiger charge is -2.19. The second-order valence-corrected chi connectivity index (χ2v) is 7.33. The second kappa shape index (κ2) is 8.99. The smallest absolute Gasteiger partial charge is 0.308 e. The molecule has 0 aromatic heterocycles. The van der Waals surface area contributed by atoms with Gasteiger partial charge in [0.1, 0.15) is 0 Å². The molecule has 1 aromatic carbocycles. The molecule has 150 valence electrons. The normalized spacial score (nSPS) is 21.4. The molecule has 1 N–H and O–H groups in total. The van der Waals surface area contributed by atoms with Gasteiger partial charge in [-0.15, -0.1) is 0 Å². The minimum Gasteiger partial charge on any atom is -0.456 e. The van der Waals surface area contributed by atoms with Crippen molar-refractivity contribution in [3.8, 4) is 0 Å². The van der Waals surface area contributed by atoms with Crippen LogP contribution in [0.5, 0.6) is 0 Å². The molecule has 7 heteroatoms. The largest absolute Gasteiger partial charge is 0.456 e. The van der Waals surface area contributed by atoms with Crippen LogP contribution in [0.2, 0.25) is 0 Å². The fourth-order valence-electron chi connectivity index (χ4n) is 3.89. The summed E-state index contributed by atoms with van der Waals surface area (Å²) in [6.45, 7) is 1.66. The van der Waals surface area contributed by atoms with Gasteiger partial charge < -0.3 is 10.1 Å². The summed E-state index contributed by atoms with van der Waals surface area (Å²) in [6, 6.07) is 7.43. The Kier molecular flexibility index (Phi) is 6.44. The molecule has 3 amide bonds. The molecule has 1 saturated carbocycles. The monoisotopic (exact) mass is 386 g/mol. The summed E-state index contributed by atoms with van der Waals surface area (Å²) in [4.78, 5) is 49.7. The van der Waals surface area contributed by atoms with E-state index < -0.39 is 18.5 Å². The molecule has 1 aliphatic heterocycles. The zero-order valence-corrected chi connectivity index (χ0v) is 16.1. The van der Waals surface area contributed by atoms with E-state index in [1.54, 1.807) is 12.1 Å². The van der Waals surface area contributed by atoms with Crippen molar-refractivity contribution in [3.63, 3.8) is 0 Å². The van der Waals surface area contributed by atoms with Crippen LogP contribution in [0.25, 0.3) is 0 Å². The van der Waals surface area contributed by atoms with E-state index in [9.17, 15) is 19.2 Å². The van der Waals surface area contributed by atoms with Gasteiger partial charge in [0.2, 0.25) is 11.8 Å². The quantitative estimate of drug-likeness (QED) is 0.573. The van der Waals surface area contributed by atoms with Crippen molar-refractivity contribution in [2.75, 3.05) is 18.5 Å². The number of imide groups is 1. The number of ether oxygens (including phenoxy) is 1. The van der Waals surface area contributed by atoms with Crippen LogP contribution in [0.1, 0.15) is 44.6 Å². The molecule has 7 nitrogen and oxygen atoms in total. The van der Waals surface area contributed by atoms with Gasteiger partial charge in [0.25, 0.3) is 5.91 Å². The number of hydrogen-bond acceptors (Lipinski definition) is 5. The summed E-state index contributed by atoms with van der Waals surface area (Å²) in [7, 11) is 0. The molecule has 2 aliphatic rings. The average molecular weight is 386 g/mol. The number of rotatable bonds is 7. The number of aryl methyl sites for hydroxylation is 1. The van der Waals surface area contributed by atoms with Gasteiger partial charge in [-0.25, -0.2) is 0 Å². The van der Waals surface area contributed by atoms with E-state index in [-0.39, 0.29) is 36.6 Å². The number of nitrogens with zero attached hydrogens (tertiary/aromatic N) is 1. The first-order chi connectivity index (χ1) is 13.5. The number of esters is 1.